The zero-order valence-corrected chi connectivity index (χ0v) is 17.7. The second-order valence-corrected chi connectivity index (χ2v) is 9.93. The van der Waals surface area contributed by atoms with Gasteiger partial charge < -0.3 is 14.4 Å². The molecule has 0 radical (unpaired) electrons. The highest BCUT2D eigenvalue weighted by Gasteiger charge is 2.41. The second-order valence-electron chi connectivity index (χ2n) is 7.80. The van der Waals surface area contributed by atoms with Crippen LogP contribution < -0.4 is 9.47 Å². The van der Waals surface area contributed by atoms with Gasteiger partial charge in [0.05, 0.1) is 6.61 Å². The molecule has 2 unspecified atom stereocenters. The van der Waals surface area contributed by atoms with Crippen LogP contribution >= 0.6 is 0 Å². The Morgan fingerprint density at radius 3 is 2.52 bits per heavy atom. The van der Waals surface area contributed by atoms with Crippen LogP contribution in [-0.4, -0.2) is 44.8 Å². The Hall–Kier alpha value is -2.05. The Morgan fingerprint density at radius 1 is 1.07 bits per heavy atom. The lowest BCUT2D eigenvalue weighted by molar-refractivity contribution is 0.181. The molecular weight excluding hydrogens is 386 g/mol. The average Bonchev–Trinajstić information content (AvgIpc) is 3.25. The maximum Gasteiger partial charge on any atom is 0.188 e. The summed E-state index contributed by atoms with van der Waals surface area (Å²) in [5.74, 6) is 1.24. The third-order valence-electron chi connectivity index (χ3n) is 5.84. The molecule has 6 heteroatoms. The highest BCUT2D eigenvalue weighted by atomic mass is 32.2. The zero-order chi connectivity index (χ0) is 20.3. The van der Waals surface area contributed by atoms with Crippen LogP contribution in [-0.2, 0) is 9.84 Å². The van der Waals surface area contributed by atoms with Gasteiger partial charge in [-0.05, 0) is 68.6 Å². The summed E-state index contributed by atoms with van der Waals surface area (Å²) in [5, 5.41) is -0.593. The number of ether oxygens (including phenoxy) is 2. The van der Waals surface area contributed by atoms with E-state index in [1.165, 1.54) is 25.9 Å². The first-order valence-electron chi connectivity index (χ1n) is 10.5. The number of likely N-dealkylation sites (tertiary alicyclic amines) is 1. The van der Waals surface area contributed by atoms with E-state index < -0.39 is 21.2 Å². The topological polar surface area (TPSA) is 55.8 Å². The maximum atomic E-state index is 13.1. The van der Waals surface area contributed by atoms with E-state index in [1.54, 1.807) is 24.3 Å². The van der Waals surface area contributed by atoms with Gasteiger partial charge in [0.2, 0.25) is 0 Å². The summed E-state index contributed by atoms with van der Waals surface area (Å²) in [7, 11) is -3.43. The molecule has 156 valence electrons. The van der Waals surface area contributed by atoms with Crippen LogP contribution in [0.4, 0.5) is 0 Å². The molecule has 2 heterocycles. The molecule has 0 N–H and O–H groups in total. The van der Waals surface area contributed by atoms with Gasteiger partial charge in [0.25, 0.3) is 0 Å². The van der Waals surface area contributed by atoms with Gasteiger partial charge in [0.1, 0.15) is 27.7 Å². The fraction of sp³-hybridized carbons (Fsp3) is 0.478. The number of benzene rings is 2. The molecule has 0 spiro atoms. The first kappa shape index (κ1) is 20.2. The Balaban J connectivity index is 1.42. The lowest BCUT2D eigenvalue weighted by atomic mass is 10.0. The van der Waals surface area contributed by atoms with Crippen molar-refractivity contribution < 1.29 is 17.9 Å². The van der Waals surface area contributed by atoms with E-state index in [0.29, 0.717) is 23.7 Å². The monoisotopic (exact) mass is 415 g/mol. The van der Waals surface area contributed by atoms with E-state index in [1.807, 2.05) is 31.2 Å². The Kier molecular flexibility index (Phi) is 6.11. The van der Waals surface area contributed by atoms with E-state index in [4.69, 9.17) is 9.47 Å². The number of fused-ring (bicyclic) bond motifs is 1. The van der Waals surface area contributed by atoms with Gasteiger partial charge in [0, 0.05) is 6.54 Å². The second kappa shape index (κ2) is 8.76. The number of hydrogen-bond acceptors (Lipinski definition) is 5. The summed E-state index contributed by atoms with van der Waals surface area (Å²) in [4.78, 5) is 2.77. The van der Waals surface area contributed by atoms with Crippen molar-refractivity contribution in [3.63, 3.8) is 0 Å². The lowest BCUT2D eigenvalue weighted by Crippen LogP contribution is -2.35. The first-order valence-corrected chi connectivity index (χ1v) is 12.1. The molecule has 2 aliphatic heterocycles. The minimum Gasteiger partial charge on any atom is -0.494 e. The quantitative estimate of drug-likeness (QED) is 0.633. The van der Waals surface area contributed by atoms with Crippen LogP contribution in [0.25, 0.3) is 0 Å². The summed E-state index contributed by atoms with van der Waals surface area (Å²) < 4.78 is 38.1. The van der Waals surface area contributed by atoms with Gasteiger partial charge in [-0.1, -0.05) is 31.2 Å². The molecule has 0 aromatic heterocycles. The van der Waals surface area contributed by atoms with Crippen LogP contribution in [0.15, 0.2) is 53.4 Å². The molecule has 1 fully saturated rings. The van der Waals surface area contributed by atoms with E-state index in [-0.39, 0.29) is 0 Å². The molecule has 0 amide bonds. The van der Waals surface area contributed by atoms with Crippen molar-refractivity contribution in [3.05, 3.63) is 54.1 Å². The molecule has 2 aliphatic rings. The van der Waals surface area contributed by atoms with Crippen molar-refractivity contribution in [3.8, 4) is 11.5 Å². The van der Waals surface area contributed by atoms with Crippen LogP contribution in [0.2, 0.25) is 0 Å². The number of hydrogen-bond donors (Lipinski definition) is 0. The van der Waals surface area contributed by atoms with Crippen molar-refractivity contribution in [2.45, 2.75) is 48.9 Å². The molecular formula is C23H29NO4S. The molecule has 0 aliphatic carbocycles. The first-order chi connectivity index (χ1) is 14.1. The van der Waals surface area contributed by atoms with Crippen molar-refractivity contribution >= 4 is 9.84 Å². The van der Waals surface area contributed by atoms with Crippen LogP contribution in [0, 0.1) is 0 Å². The fourth-order valence-corrected chi connectivity index (χ4v) is 6.24. The van der Waals surface area contributed by atoms with Gasteiger partial charge in [0.15, 0.2) is 9.84 Å². The van der Waals surface area contributed by atoms with Crippen LogP contribution in [0.1, 0.15) is 44.3 Å². The van der Waals surface area contributed by atoms with Crippen molar-refractivity contribution in [1.82, 2.24) is 4.90 Å². The SMILES string of the molecule is CCC1C(c2ccc(OCCCN3CCCC3)cc2)Oc2ccccc2S1(=O)=O. The Morgan fingerprint density at radius 2 is 1.79 bits per heavy atom. The normalized spacial score (nSPS) is 23.3. The molecule has 29 heavy (non-hydrogen) atoms. The summed E-state index contributed by atoms with van der Waals surface area (Å²) in [6.07, 6.45) is 3.62. The summed E-state index contributed by atoms with van der Waals surface area (Å²) in [6, 6.07) is 14.6. The van der Waals surface area contributed by atoms with E-state index in [2.05, 4.69) is 4.90 Å². The highest BCUT2D eigenvalue weighted by Crippen LogP contribution is 2.42. The number of nitrogens with zero attached hydrogens (tertiary/aromatic N) is 1. The molecule has 1 saturated heterocycles. The van der Waals surface area contributed by atoms with E-state index >= 15 is 0 Å². The minimum atomic E-state index is -3.43. The van der Waals surface area contributed by atoms with Crippen LogP contribution in [0.3, 0.4) is 0 Å². The summed E-state index contributed by atoms with van der Waals surface area (Å²) in [6.45, 7) is 6.09. The highest BCUT2D eigenvalue weighted by molar-refractivity contribution is 7.92. The summed E-state index contributed by atoms with van der Waals surface area (Å²) >= 11 is 0. The fourth-order valence-electron chi connectivity index (χ4n) is 4.28. The number of rotatable bonds is 7. The van der Waals surface area contributed by atoms with Crippen LogP contribution in [0.5, 0.6) is 11.5 Å². The number of para-hydroxylation sites is 1. The van der Waals surface area contributed by atoms with Gasteiger partial charge in [-0.3, -0.25) is 0 Å². The van der Waals surface area contributed by atoms with Crippen molar-refractivity contribution in [2.24, 2.45) is 0 Å². The molecule has 0 bridgehead atoms. The van der Waals surface area contributed by atoms with E-state index in [0.717, 1.165) is 24.3 Å². The average molecular weight is 416 g/mol. The standard InChI is InChI=1S/C23H29NO4S/c1-2-21-23(28-20-8-3-4-9-22(20)29(21,25)26)18-10-12-19(13-11-18)27-17-7-16-24-14-5-6-15-24/h3-4,8-13,21,23H,2,5-7,14-17H2,1H3. The lowest BCUT2D eigenvalue weighted by Gasteiger charge is -2.33. The molecule has 5 nitrogen and oxygen atoms in total. The minimum absolute atomic E-state index is 0.293. The molecule has 4 rings (SSSR count). The Bertz CT molecular complexity index is 920. The zero-order valence-electron chi connectivity index (χ0n) is 16.9. The smallest absolute Gasteiger partial charge is 0.188 e. The predicted molar refractivity (Wildman–Crippen MR) is 113 cm³/mol. The largest absolute Gasteiger partial charge is 0.494 e. The van der Waals surface area contributed by atoms with Crippen molar-refractivity contribution in [2.75, 3.05) is 26.2 Å². The molecule has 2 aromatic carbocycles. The Labute approximate surface area is 173 Å². The van der Waals surface area contributed by atoms with Crippen molar-refractivity contribution in [1.29, 1.82) is 0 Å². The summed E-state index contributed by atoms with van der Waals surface area (Å²) in [5.41, 5.74) is 0.861. The molecule has 2 atom stereocenters. The third kappa shape index (κ3) is 4.28. The van der Waals surface area contributed by atoms with Gasteiger partial charge in [-0.25, -0.2) is 8.42 Å². The predicted octanol–water partition coefficient (Wildman–Crippen LogP) is 4.24. The molecule has 2 aromatic rings. The van der Waals surface area contributed by atoms with Gasteiger partial charge >= 0.3 is 0 Å². The third-order valence-corrected chi connectivity index (χ3v) is 8.17. The van der Waals surface area contributed by atoms with E-state index in [9.17, 15) is 8.42 Å². The molecule has 0 saturated carbocycles. The number of sulfone groups is 1. The van der Waals surface area contributed by atoms with Gasteiger partial charge in [-0.2, -0.15) is 0 Å². The van der Waals surface area contributed by atoms with Gasteiger partial charge in [-0.15, -0.1) is 0 Å². The maximum absolute atomic E-state index is 13.1.